The molecular weight excluding hydrogens is 390 g/mol. The first kappa shape index (κ1) is 19.6. The molecule has 1 N–H and O–H groups in total. The molecule has 5 heteroatoms. The number of ether oxygens (including phenoxy) is 2. The maximum absolute atomic E-state index is 11.7. The lowest BCUT2D eigenvalue weighted by molar-refractivity contribution is -0.143. The van der Waals surface area contributed by atoms with Gasteiger partial charge in [0.1, 0.15) is 0 Å². The smallest absolute Gasteiger partial charge is 0.307 e. The van der Waals surface area contributed by atoms with E-state index in [4.69, 9.17) is 9.47 Å². The van der Waals surface area contributed by atoms with E-state index >= 15 is 0 Å². The van der Waals surface area contributed by atoms with Crippen LogP contribution in [0.25, 0.3) is 11.1 Å². The number of rotatable bonds is 5. The van der Waals surface area contributed by atoms with E-state index in [-0.39, 0.29) is 18.8 Å². The molecule has 0 amide bonds. The number of likely N-dealkylation sites (tertiary alicyclic amines) is 1. The molecule has 2 aliphatic heterocycles. The molecule has 0 spiro atoms. The summed E-state index contributed by atoms with van der Waals surface area (Å²) < 4.78 is 11.1. The van der Waals surface area contributed by atoms with Crippen LogP contribution in [0.5, 0.6) is 11.5 Å². The second-order valence-corrected chi connectivity index (χ2v) is 8.18. The van der Waals surface area contributed by atoms with Crippen molar-refractivity contribution >= 4 is 5.97 Å². The number of hydrogen-bond donors (Lipinski definition) is 1. The molecule has 0 radical (unpaired) electrons. The highest BCUT2D eigenvalue weighted by molar-refractivity contribution is 5.70. The minimum Gasteiger partial charge on any atom is -0.481 e. The Morgan fingerprint density at radius 3 is 2.39 bits per heavy atom. The molecule has 0 aromatic heterocycles. The van der Waals surface area contributed by atoms with E-state index in [0.717, 1.165) is 47.6 Å². The average Bonchev–Trinajstić information content (AvgIpc) is 3.29. The van der Waals surface area contributed by atoms with Crippen LogP contribution in [-0.2, 0) is 4.79 Å². The van der Waals surface area contributed by atoms with Crippen molar-refractivity contribution in [3.8, 4) is 22.6 Å². The fourth-order valence-electron chi connectivity index (χ4n) is 4.63. The second-order valence-electron chi connectivity index (χ2n) is 8.18. The lowest BCUT2D eigenvalue weighted by atomic mass is 9.90. The zero-order chi connectivity index (χ0) is 21.2. The molecule has 2 unspecified atom stereocenters. The van der Waals surface area contributed by atoms with Crippen LogP contribution in [0.3, 0.4) is 0 Å². The predicted molar refractivity (Wildman–Crippen MR) is 118 cm³/mol. The van der Waals surface area contributed by atoms with Crippen LogP contribution < -0.4 is 9.47 Å². The van der Waals surface area contributed by atoms with Crippen molar-refractivity contribution in [1.82, 2.24) is 4.90 Å². The summed E-state index contributed by atoms with van der Waals surface area (Å²) in [4.78, 5) is 14.0. The third-order valence-electron chi connectivity index (χ3n) is 6.21. The van der Waals surface area contributed by atoms with E-state index in [1.54, 1.807) is 0 Å². The molecule has 5 rings (SSSR count). The molecule has 158 valence electrons. The van der Waals surface area contributed by atoms with Gasteiger partial charge in [0.05, 0.1) is 12.0 Å². The first-order valence-corrected chi connectivity index (χ1v) is 10.7. The van der Waals surface area contributed by atoms with Crippen LogP contribution in [-0.4, -0.2) is 35.9 Å². The van der Waals surface area contributed by atoms with Crippen molar-refractivity contribution < 1.29 is 19.4 Å². The number of nitrogens with zero attached hydrogens (tertiary/aromatic N) is 1. The van der Waals surface area contributed by atoms with E-state index in [1.165, 1.54) is 5.56 Å². The Hall–Kier alpha value is -3.31. The summed E-state index contributed by atoms with van der Waals surface area (Å²) in [5, 5.41) is 9.61. The quantitative estimate of drug-likeness (QED) is 0.638. The van der Waals surface area contributed by atoms with E-state index < -0.39 is 5.97 Å². The van der Waals surface area contributed by atoms with Gasteiger partial charge in [0.15, 0.2) is 11.5 Å². The molecule has 2 aliphatic rings. The fourth-order valence-corrected chi connectivity index (χ4v) is 4.63. The SMILES string of the molecule is O=C(O)C1CCCN(C(c2ccc(-c3ccccc3)cc2)c2ccc3c(c2)OCO3)C1. The fraction of sp³-hybridized carbons (Fsp3) is 0.269. The number of benzene rings is 3. The van der Waals surface area contributed by atoms with Crippen LogP contribution in [0.4, 0.5) is 0 Å². The number of fused-ring (bicyclic) bond motifs is 1. The van der Waals surface area contributed by atoms with Crippen molar-refractivity contribution in [3.05, 3.63) is 83.9 Å². The molecule has 1 fully saturated rings. The standard InChI is InChI=1S/C26H25NO4/c28-26(29)22-7-4-14-27(16-22)25(21-12-13-23-24(15-21)31-17-30-23)20-10-8-19(9-11-20)18-5-2-1-3-6-18/h1-3,5-6,8-13,15,22,25H,4,7,14,16-17H2,(H,28,29). The number of piperidine rings is 1. The Balaban J connectivity index is 1.51. The van der Waals surface area contributed by atoms with Gasteiger partial charge in [0, 0.05) is 6.54 Å². The monoisotopic (exact) mass is 415 g/mol. The normalized spacial score (nSPS) is 19.2. The van der Waals surface area contributed by atoms with E-state index in [2.05, 4.69) is 47.4 Å². The summed E-state index contributed by atoms with van der Waals surface area (Å²) in [5.74, 6) is 0.446. The third-order valence-corrected chi connectivity index (χ3v) is 6.21. The van der Waals surface area contributed by atoms with Crippen molar-refractivity contribution in [1.29, 1.82) is 0 Å². The first-order chi connectivity index (χ1) is 15.2. The molecule has 2 atom stereocenters. The van der Waals surface area contributed by atoms with E-state index in [0.29, 0.717) is 6.54 Å². The zero-order valence-electron chi connectivity index (χ0n) is 17.2. The molecule has 3 aromatic rings. The Labute approximate surface area is 181 Å². The Morgan fingerprint density at radius 1 is 0.903 bits per heavy atom. The first-order valence-electron chi connectivity index (χ1n) is 10.7. The molecule has 0 aliphatic carbocycles. The number of carboxylic acid groups (broad SMARTS) is 1. The van der Waals surface area contributed by atoms with Gasteiger partial charge in [0.2, 0.25) is 6.79 Å². The number of aliphatic carboxylic acids is 1. The molecule has 2 heterocycles. The number of carboxylic acids is 1. The summed E-state index contributed by atoms with van der Waals surface area (Å²) >= 11 is 0. The van der Waals surface area contributed by atoms with E-state index in [9.17, 15) is 9.90 Å². The van der Waals surface area contributed by atoms with Gasteiger partial charge in [-0.05, 0) is 53.8 Å². The van der Waals surface area contributed by atoms with Gasteiger partial charge in [-0.1, -0.05) is 60.7 Å². The van der Waals surface area contributed by atoms with Crippen LogP contribution in [0.15, 0.2) is 72.8 Å². The highest BCUT2D eigenvalue weighted by Crippen LogP contribution is 2.39. The average molecular weight is 415 g/mol. The highest BCUT2D eigenvalue weighted by atomic mass is 16.7. The van der Waals surface area contributed by atoms with Gasteiger partial charge in [-0.3, -0.25) is 9.69 Å². The minimum atomic E-state index is -0.714. The van der Waals surface area contributed by atoms with Gasteiger partial charge in [0.25, 0.3) is 0 Å². The second kappa shape index (κ2) is 8.44. The molecule has 5 nitrogen and oxygen atoms in total. The lowest BCUT2D eigenvalue weighted by Crippen LogP contribution is -2.41. The highest BCUT2D eigenvalue weighted by Gasteiger charge is 2.32. The van der Waals surface area contributed by atoms with Gasteiger partial charge in [-0.25, -0.2) is 0 Å². The largest absolute Gasteiger partial charge is 0.481 e. The molecule has 0 saturated carbocycles. The summed E-state index contributed by atoms with van der Waals surface area (Å²) in [6, 6.07) is 24.9. The van der Waals surface area contributed by atoms with Crippen LogP contribution in [0.1, 0.15) is 30.0 Å². The van der Waals surface area contributed by atoms with Crippen molar-refractivity contribution in [2.75, 3.05) is 19.9 Å². The molecule has 31 heavy (non-hydrogen) atoms. The van der Waals surface area contributed by atoms with Gasteiger partial charge < -0.3 is 14.6 Å². The number of carbonyl (C=O) groups is 1. The molecule has 0 bridgehead atoms. The summed E-state index contributed by atoms with van der Waals surface area (Å²) in [6.45, 7) is 1.64. The molecular formula is C26H25NO4. The van der Waals surface area contributed by atoms with Gasteiger partial charge >= 0.3 is 5.97 Å². The topological polar surface area (TPSA) is 59.0 Å². The molecule has 3 aromatic carbocycles. The minimum absolute atomic E-state index is 0.0403. The van der Waals surface area contributed by atoms with Crippen LogP contribution in [0, 0.1) is 5.92 Å². The van der Waals surface area contributed by atoms with Gasteiger partial charge in [-0.15, -0.1) is 0 Å². The maximum Gasteiger partial charge on any atom is 0.307 e. The Morgan fingerprint density at radius 2 is 1.61 bits per heavy atom. The summed E-state index contributed by atoms with van der Waals surface area (Å²) in [6.07, 6.45) is 1.60. The van der Waals surface area contributed by atoms with Crippen molar-refractivity contribution in [2.24, 2.45) is 5.92 Å². The number of hydrogen-bond acceptors (Lipinski definition) is 4. The van der Waals surface area contributed by atoms with Crippen LogP contribution in [0.2, 0.25) is 0 Å². The summed E-state index contributed by atoms with van der Waals surface area (Å²) in [7, 11) is 0. The van der Waals surface area contributed by atoms with Crippen molar-refractivity contribution in [2.45, 2.75) is 18.9 Å². The maximum atomic E-state index is 11.7. The van der Waals surface area contributed by atoms with E-state index in [1.807, 2.05) is 30.3 Å². The van der Waals surface area contributed by atoms with Crippen molar-refractivity contribution in [3.63, 3.8) is 0 Å². The van der Waals surface area contributed by atoms with Crippen LogP contribution >= 0.6 is 0 Å². The Bertz CT molecular complexity index is 1060. The lowest BCUT2D eigenvalue weighted by Gasteiger charge is -2.37. The summed E-state index contributed by atoms with van der Waals surface area (Å²) in [5.41, 5.74) is 4.57. The Kier molecular flexibility index (Phi) is 5.35. The predicted octanol–water partition coefficient (Wildman–Crippen LogP) is 4.97. The van der Waals surface area contributed by atoms with Gasteiger partial charge in [-0.2, -0.15) is 0 Å². The third kappa shape index (κ3) is 4.01. The zero-order valence-corrected chi connectivity index (χ0v) is 17.2. The molecule has 1 saturated heterocycles.